The summed E-state index contributed by atoms with van der Waals surface area (Å²) < 4.78 is 0. The van der Waals surface area contributed by atoms with Crippen LogP contribution in [0.2, 0.25) is 0 Å². The Kier molecular flexibility index (Phi) is 7.16. The highest BCUT2D eigenvalue weighted by Gasteiger charge is 2.50. The second-order valence-electron chi connectivity index (χ2n) is 10.7. The van der Waals surface area contributed by atoms with Crippen molar-refractivity contribution < 1.29 is 9.59 Å². The number of amidine groups is 1. The van der Waals surface area contributed by atoms with E-state index in [0.29, 0.717) is 32.5 Å². The number of nitrogens with one attached hydrogen (secondary N) is 1. The molecule has 4 heterocycles. The molecule has 6 rings (SSSR count). The van der Waals surface area contributed by atoms with Crippen LogP contribution in [0.1, 0.15) is 44.1 Å². The summed E-state index contributed by atoms with van der Waals surface area (Å²) in [5.74, 6) is 2.32. The zero-order valence-electron chi connectivity index (χ0n) is 21.9. The Labute approximate surface area is 224 Å². The molecule has 1 aliphatic carbocycles. The molecular formula is C29H37N7O2. The van der Waals surface area contributed by atoms with Crippen molar-refractivity contribution in [3.63, 3.8) is 0 Å². The first-order chi connectivity index (χ1) is 18.7. The number of benzene rings is 1. The maximum atomic E-state index is 13.6. The smallest absolute Gasteiger partial charge is 0.230 e. The zero-order valence-corrected chi connectivity index (χ0v) is 21.9. The minimum Gasteiger partial charge on any atom is -0.353 e. The molecule has 38 heavy (non-hydrogen) atoms. The molecule has 1 saturated carbocycles. The molecule has 0 spiro atoms. The highest BCUT2D eigenvalue weighted by molar-refractivity contribution is 5.91. The van der Waals surface area contributed by atoms with E-state index in [-0.39, 0.29) is 30.1 Å². The number of hydrogen-bond acceptors (Lipinski definition) is 7. The lowest BCUT2D eigenvalue weighted by Gasteiger charge is -2.50. The van der Waals surface area contributed by atoms with Gasteiger partial charge in [0.15, 0.2) is 6.29 Å². The Morgan fingerprint density at radius 1 is 0.947 bits per heavy atom. The number of hydrazone groups is 1. The number of hydrogen-bond donors (Lipinski definition) is 1. The van der Waals surface area contributed by atoms with E-state index in [2.05, 4.69) is 32.3 Å². The summed E-state index contributed by atoms with van der Waals surface area (Å²) in [5, 5.41) is 4.69. The van der Waals surface area contributed by atoms with E-state index >= 15 is 0 Å². The SMILES string of the molecule is O=C(CCC1=NNC2N(CCc3ccccc3)C(=O)C3CCCCC3N12)N1CCN(c2ccccn2)CC1. The first-order valence-electron chi connectivity index (χ1n) is 14.1. The Bertz CT molecular complexity index is 1150. The molecule has 0 radical (unpaired) electrons. The second kappa shape index (κ2) is 11.0. The van der Waals surface area contributed by atoms with Crippen LogP contribution >= 0.6 is 0 Å². The minimum absolute atomic E-state index is 0.0104. The van der Waals surface area contributed by atoms with Gasteiger partial charge in [0.25, 0.3) is 0 Å². The first kappa shape index (κ1) is 24.7. The van der Waals surface area contributed by atoms with Crippen LogP contribution in [0, 0.1) is 5.92 Å². The Morgan fingerprint density at radius 3 is 2.53 bits per heavy atom. The van der Waals surface area contributed by atoms with E-state index < -0.39 is 0 Å². The number of nitrogens with zero attached hydrogens (tertiary/aromatic N) is 6. The van der Waals surface area contributed by atoms with E-state index in [0.717, 1.165) is 56.8 Å². The molecule has 1 aromatic carbocycles. The monoisotopic (exact) mass is 515 g/mol. The molecular weight excluding hydrogens is 478 g/mol. The fourth-order valence-electron chi connectivity index (χ4n) is 6.47. The van der Waals surface area contributed by atoms with Crippen molar-refractivity contribution in [1.82, 2.24) is 25.1 Å². The van der Waals surface area contributed by atoms with Crippen molar-refractivity contribution in [2.45, 2.75) is 57.3 Å². The van der Waals surface area contributed by atoms with Gasteiger partial charge in [0, 0.05) is 57.8 Å². The molecule has 9 heteroatoms. The summed E-state index contributed by atoms with van der Waals surface area (Å²) >= 11 is 0. The van der Waals surface area contributed by atoms with Gasteiger partial charge in [-0.2, -0.15) is 5.10 Å². The van der Waals surface area contributed by atoms with Crippen molar-refractivity contribution in [2.75, 3.05) is 37.6 Å². The van der Waals surface area contributed by atoms with Crippen LogP contribution in [0.15, 0.2) is 59.8 Å². The molecule has 3 atom stereocenters. The van der Waals surface area contributed by atoms with Gasteiger partial charge < -0.3 is 19.6 Å². The number of pyridine rings is 1. The molecule has 3 unspecified atom stereocenters. The fourth-order valence-corrected chi connectivity index (χ4v) is 6.47. The van der Waals surface area contributed by atoms with Crippen LogP contribution < -0.4 is 10.3 Å². The van der Waals surface area contributed by atoms with E-state index in [1.54, 1.807) is 0 Å². The number of anilines is 1. The molecule has 2 saturated heterocycles. The molecule has 0 bridgehead atoms. The molecule has 1 aromatic heterocycles. The summed E-state index contributed by atoms with van der Waals surface area (Å²) in [5.41, 5.74) is 4.49. The van der Waals surface area contributed by atoms with Gasteiger partial charge in [-0.25, -0.2) is 4.98 Å². The maximum absolute atomic E-state index is 13.6. The van der Waals surface area contributed by atoms with E-state index in [9.17, 15) is 9.59 Å². The van der Waals surface area contributed by atoms with Gasteiger partial charge in [0.2, 0.25) is 11.8 Å². The summed E-state index contributed by atoms with van der Waals surface area (Å²) in [6.45, 7) is 3.66. The highest BCUT2D eigenvalue weighted by Crippen LogP contribution is 2.38. The molecule has 9 nitrogen and oxygen atoms in total. The van der Waals surface area contributed by atoms with Crippen molar-refractivity contribution in [1.29, 1.82) is 0 Å². The number of aromatic nitrogens is 1. The molecule has 2 aromatic rings. The average Bonchev–Trinajstić information content (AvgIpc) is 3.41. The van der Waals surface area contributed by atoms with E-state index in [1.165, 1.54) is 5.56 Å². The fraction of sp³-hybridized carbons (Fsp3) is 0.517. The van der Waals surface area contributed by atoms with E-state index in [1.807, 2.05) is 52.4 Å². The Morgan fingerprint density at radius 2 is 1.74 bits per heavy atom. The second-order valence-corrected chi connectivity index (χ2v) is 10.7. The molecule has 200 valence electrons. The summed E-state index contributed by atoms with van der Waals surface area (Å²) in [7, 11) is 0. The minimum atomic E-state index is -0.252. The molecule has 3 fully saturated rings. The van der Waals surface area contributed by atoms with Crippen LogP contribution in [0.4, 0.5) is 5.82 Å². The van der Waals surface area contributed by atoms with Crippen LogP contribution in [-0.2, 0) is 16.0 Å². The standard InChI is InChI=1S/C29H37N7O2/c37-27(34-20-18-33(19-21-34)25-12-6-7-16-30-25)14-13-26-31-32-29-35(17-15-22-8-2-1-3-9-22)28(38)23-10-4-5-11-24(23)36(26)29/h1-3,6-9,12,16,23-24,29,32H,4-5,10-11,13-15,17-21H2. The molecule has 4 aliphatic rings. The third-order valence-corrected chi connectivity index (χ3v) is 8.51. The summed E-state index contributed by atoms with van der Waals surface area (Å²) in [6.07, 6.45) is 7.56. The van der Waals surface area contributed by atoms with Crippen LogP contribution in [0.25, 0.3) is 0 Å². The largest absolute Gasteiger partial charge is 0.353 e. The topological polar surface area (TPSA) is 84.4 Å². The zero-order chi connectivity index (χ0) is 25.9. The van der Waals surface area contributed by atoms with E-state index in [4.69, 9.17) is 5.10 Å². The Balaban J connectivity index is 1.08. The molecule has 3 aliphatic heterocycles. The van der Waals surface area contributed by atoms with Gasteiger partial charge in [-0.05, 0) is 37.0 Å². The van der Waals surface area contributed by atoms with Crippen molar-refractivity contribution >= 4 is 23.5 Å². The van der Waals surface area contributed by atoms with Gasteiger partial charge in [-0.15, -0.1) is 0 Å². The van der Waals surface area contributed by atoms with Crippen molar-refractivity contribution in [3.05, 3.63) is 60.3 Å². The third-order valence-electron chi connectivity index (χ3n) is 8.51. The van der Waals surface area contributed by atoms with Gasteiger partial charge in [0.05, 0.1) is 5.92 Å². The van der Waals surface area contributed by atoms with Gasteiger partial charge in [-0.1, -0.05) is 49.2 Å². The van der Waals surface area contributed by atoms with Crippen molar-refractivity contribution in [3.8, 4) is 0 Å². The van der Waals surface area contributed by atoms with Crippen LogP contribution in [-0.4, -0.2) is 82.4 Å². The quantitative estimate of drug-likeness (QED) is 0.611. The van der Waals surface area contributed by atoms with Crippen LogP contribution in [0.5, 0.6) is 0 Å². The summed E-state index contributed by atoms with van der Waals surface area (Å²) in [4.78, 5) is 39.7. The lowest BCUT2D eigenvalue weighted by molar-refractivity contribution is -0.155. The summed E-state index contributed by atoms with van der Waals surface area (Å²) in [6, 6.07) is 16.4. The third kappa shape index (κ3) is 4.93. The lowest BCUT2D eigenvalue weighted by atomic mass is 9.80. The normalized spacial score (nSPS) is 25.0. The number of rotatable bonds is 7. The predicted octanol–water partition coefficient (Wildman–Crippen LogP) is 2.66. The first-order valence-corrected chi connectivity index (χ1v) is 14.1. The lowest BCUT2D eigenvalue weighted by Crippen LogP contribution is -2.67. The van der Waals surface area contributed by atoms with Gasteiger partial charge >= 0.3 is 0 Å². The Hall–Kier alpha value is -3.62. The van der Waals surface area contributed by atoms with Gasteiger partial charge in [0.1, 0.15) is 11.7 Å². The number of piperazine rings is 1. The average molecular weight is 516 g/mol. The van der Waals surface area contributed by atoms with Crippen LogP contribution in [0.3, 0.4) is 0 Å². The number of carbonyl (C=O) groups excluding carboxylic acids is 2. The number of fused-ring (bicyclic) bond motifs is 3. The van der Waals surface area contributed by atoms with Gasteiger partial charge in [-0.3, -0.25) is 15.0 Å². The number of amides is 2. The maximum Gasteiger partial charge on any atom is 0.230 e. The molecule has 1 N–H and O–H groups in total. The van der Waals surface area contributed by atoms with Crippen molar-refractivity contribution in [2.24, 2.45) is 11.0 Å². The predicted molar refractivity (Wildman–Crippen MR) is 146 cm³/mol. The molecule has 2 amide bonds. The number of carbonyl (C=O) groups is 2. The highest BCUT2D eigenvalue weighted by atomic mass is 16.2.